The molecule has 0 saturated carbocycles. The summed E-state index contributed by atoms with van der Waals surface area (Å²) in [5.41, 5.74) is 1.74. The number of hydrogen-bond donors (Lipinski definition) is 2. The first-order valence-corrected chi connectivity index (χ1v) is 7.13. The fourth-order valence-corrected chi connectivity index (χ4v) is 3.26. The van der Waals surface area contributed by atoms with E-state index in [0.717, 1.165) is 5.57 Å². The van der Waals surface area contributed by atoms with E-state index in [4.69, 9.17) is 4.74 Å². The summed E-state index contributed by atoms with van der Waals surface area (Å²) in [6.45, 7) is 5.61. The average Bonchev–Trinajstić information content (AvgIpc) is 2.54. The van der Waals surface area contributed by atoms with Gasteiger partial charge in [0.15, 0.2) is 6.29 Å². The van der Waals surface area contributed by atoms with Gasteiger partial charge < -0.3 is 9.84 Å². The number of ether oxygens (including phenoxy) is 1. The molecule has 2 rings (SSSR count). The highest BCUT2D eigenvalue weighted by atomic mass is 32.2. The van der Waals surface area contributed by atoms with Gasteiger partial charge in [-0.1, -0.05) is 11.6 Å². The Labute approximate surface area is 106 Å². The first-order valence-electron chi connectivity index (χ1n) is 5.69. The van der Waals surface area contributed by atoms with Crippen molar-refractivity contribution in [1.29, 1.82) is 0 Å². The summed E-state index contributed by atoms with van der Waals surface area (Å²) in [6.07, 6.45) is 1.40. The summed E-state index contributed by atoms with van der Waals surface area (Å²) in [7, 11) is -4.29. The molecule has 1 fully saturated rings. The number of aliphatic hydroxyl groups is 1. The van der Waals surface area contributed by atoms with Crippen molar-refractivity contribution in [2.24, 2.45) is 0 Å². The van der Waals surface area contributed by atoms with Gasteiger partial charge in [-0.25, -0.2) is 0 Å². The minimum atomic E-state index is -4.29. The second kappa shape index (κ2) is 4.62. The van der Waals surface area contributed by atoms with Gasteiger partial charge in [0.25, 0.3) is 10.1 Å². The van der Waals surface area contributed by atoms with Crippen LogP contribution in [0.2, 0.25) is 0 Å². The molecule has 1 saturated heterocycles. The zero-order valence-corrected chi connectivity index (χ0v) is 10.9. The summed E-state index contributed by atoms with van der Waals surface area (Å²) in [4.78, 5) is -0.128. The van der Waals surface area contributed by atoms with Crippen molar-refractivity contribution in [1.82, 2.24) is 0 Å². The van der Waals surface area contributed by atoms with Crippen molar-refractivity contribution >= 4 is 10.1 Å². The zero-order chi connectivity index (χ0) is 13.5. The van der Waals surface area contributed by atoms with Crippen LogP contribution < -0.4 is 0 Å². The molecule has 6 heteroatoms. The van der Waals surface area contributed by atoms with E-state index in [9.17, 15) is 18.1 Å². The second-order valence-corrected chi connectivity index (χ2v) is 6.09. The van der Waals surface area contributed by atoms with Gasteiger partial charge in [0.1, 0.15) is 0 Å². The summed E-state index contributed by atoms with van der Waals surface area (Å²) in [6, 6.07) is 0. The van der Waals surface area contributed by atoms with Crippen LogP contribution in [-0.2, 0) is 14.9 Å². The lowest BCUT2D eigenvalue weighted by Gasteiger charge is -2.16. The van der Waals surface area contributed by atoms with Gasteiger partial charge in [0.05, 0.1) is 11.0 Å². The van der Waals surface area contributed by atoms with Crippen LogP contribution in [-0.4, -0.2) is 30.5 Å². The van der Waals surface area contributed by atoms with Gasteiger partial charge >= 0.3 is 0 Å². The van der Waals surface area contributed by atoms with E-state index in [1.54, 1.807) is 0 Å². The van der Waals surface area contributed by atoms with E-state index in [0.29, 0.717) is 18.4 Å². The maximum Gasteiger partial charge on any atom is 0.291 e. The zero-order valence-electron chi connectivity index (χ0n) is 10.1. The van der Waals surface area contributed by atoms with Gasteiger partial charge in [-0.15, -0.1) is 6.58 Å². The Morgan fingerprint density at radius 3 is 2.83 bits per heavy atom. The maximum absolute atomic E-state index is 11.3. The molecule has 2 atom stereocenters. The number of fused-ring (bicyclic) bond motifs is 1. The minimum absolute atomic E-state index is 0.128. The van der Waals surface area contributed by atoms with Crippen molar-refractivity contribution in [2.75, 3.05) is 0 Å². The number of hydrogen-bond acceptors (Lipinski definition) is 4. The largest absolute Gasteiger partial charge is 0.364 e. The molecule has 0 bridgehead atoms. The molecule has 2 unspecified atom stereocenters. The van der Waals surface area contributed by atoms with E-state index in [2.05, 4.69) is 6.58 Å². The Morgan fingerprint density at radius 1 is 1.61 bits per heavy atom. The van der Waals surface area contributed by atoms with Gasteiger partial charge in [-0.2, -0.15) is 8.42 Å². The van der Waals surface area contributed by atoms with E-state index in [1.165, 1.54) is 0 Å². The third-order valence-corrected chi connectivity index (χ3v) is 4.13. The molecule has 18 heavy (non-hydrogen) atoms. The lowest BCUT2D eigenvalue weighted by Crippen LogP contribution is -2.15. The van der Waals surface area contributed by atoms with Crippen LogP contribution in [0.5, 0.6) is 0 Å². The molecule has 0 aromatic carbocycles. The Morgan fingerprint density at radius 2 is 2.28 bits per heavy atom. The molecule has 1 aliphatic carbocycles. The standard InChI is InChI=1S/C12H16O5S/c1-7(2)6-9-8-4-3-5-10(18(14,15)16)11(8)12(13)17-9/h4,9,12-13H,1,3,5-6H2,2H3,(H,14,15,16). The lowest BCUT2D eigenvalue weighted by atomic mass is 9.93. The first kappa shape index (κ1) is 13.5. The third-order valence-electron chi connectivity index (χ3n) is 3.08. The maximum atomic E-state index is 11.3. The molecule has 0 spiro atoms. The quantitative estimate of drug-likeness (QED) is 0.601. The molecule has 0 aromatic heterocycles. The number of allylic oxidation sites excluding steroid dienone is 2. The second-order valence-electron chi connectivity index (χ2n) is 4.65. The molecule has 1 heterocycles. The van der Waals surface area contributed by atoms with Crippen LogP contribution in [0.1, 0.15) is 26.2 Å². The van der Waals surface area contributed by atoms with E-state index >= 15 is 0 Å². The molecular weight excluding hydrogens is 256 g/mol. The molecule has 5 nitrogen and oxygen atoms in total. The summed E-state index contributed by atoms with van der Waals surface area (Å²) < 4.78 is 37.1. The highest BCUT2D eigenvalue weighted by Gasteiger charge is 2.39. The van der Waals surface area contributed by atoms with Crippen LogP contribution in [0.3, 0.4) is 0 Å². The fourth-order valence-electron chi connectivity index (χ4n) is 2.39. The van der Waals surface area contributed by atoms with E-state index < -0.39 is 16.4 Å². The average molecular weight is 272 g/mol. The monoisotopic (exact) mass is 272 g/mol. The van der Waals surface area contributed by atoms with Gasteiger partial charge in [0, 0.05) is 5.57 Å². The predicted molar refractivity (Wildman–Crippen MR) is 66.2 cm³/mol. The highest BCUT2D eigenvalue weighted by molar-refractivity contribution is 7.89. The Balaban J connectivity index is 2.45. The molecule has 1 aliphatic heterocycles. The van der Waals surface area contributed by atoms with Crippen LogP contribution in [0.4, 0.5) is 0 Å². The SMILES string of the molecule is C=C(C)CC1OC(O)C2=C(S(=O)(=O)O)CCC=C21. The molecule has 0 radical (unpaired) electrons. The molecule has 100 valence electrons. The Hall–Kier alpha value is -0.950. The van der Waals surface area contributed by atoms with Gasteiger partial charge in [-0.05, 0) is 31.8 Å². The van der Waals surface area contributed by atoms with Crippen molar-refractivity contribution in [2.45, 2.75) is 38.6 Å². The minimum Gasteiger partial charge on any atom is -0.364 e. The molecular formula is C12H16O5S. The lowest BCUT2D eigenvalue weighted by molar-refractivity contribution is -0.0716. The van der Waals surface area contributed by atoms with Crippen LogP contribution >= 0.6 is 0 Å². The van der Waals surface area contributed by atoms with Crippen molar-refractivity contribution in [3.63, 3.8) is 0 Å². The van der Waals surface area contributed by atoms with Gasteiger partial charge in [0.2, 0.25) is 0 Å². The topological polar surface area (TPSA) is 83.8 Å². The van der Waals surface area contributed by atoms with Crippen molar-refractivity contribution in [3.05, 3.63) is 34.3 Å². The van der Waals surface area contributed by atoms with Crippen LogP contribution in [0.15, 0.2) is 34.3 Å². The van der Waals surface area contributed by atoms with Crippen molar-refractivity contribution in [3.8, 4) is 0 Å². The number of aliphatic hydroxyl groups excluding tert-OH is 1. The third kappa shape index (κ3) is 2.42. The Kier molecular flexibility index (Phi) is 3.46. The van der Waals surface area contributed by atoms with Crippen LogP contribution in [0, 0.1) is 0 Å². The van der Waals surface area contributed by atoms with E-state index in [1.807, 2.05) is 13.0 Å². The normalized spacial score (nSPS) is 28.1. The Bertz CT molecular complexity index is 541. The smallest absolute Gasteiger partial charge is 0.291 e. The van der Waals surface area contributed by atoms with Crippen LogP contribution in [0.25, 0.3) is 0 Å². The van der Waals surface area contributed by atoms with E-state index in [-0.39, 0.29) is 23.0 Å². The van der Waals surface area contributed by atoms with Gasteiger partial charge in [-0.3, -0.25) is 4.55 Å². The number of rotatable bonds is 3. The summed E-state index contributed by atoms with van der Waals surface area (Å²) >= 11 is 0. The summed E-state index contributed by atoms with van der Waals surface area (Å²) in [5, 5.41) is 9.82. The molecule has 0 amide bonds. The first-order chi connectivity index (χ1) is 8.30. The molecule has 0 aromatic rings. The predicted octanol–water partition coefficient (Wildman–Crippen LogP) is 1.53. The summed E-state index contributed by atoms with van der Waals surface area (Å²) in [5.74, 6) is 0. The van der Waals surface area contributed by atoms with Crippen molar-refractivity contribution < 1.29 is 22.8 Å². The molecule has 2 N–H and O–H groups in total. The fraction of sp³-hybridized carbons (Fsp3) is 0.500. The molecule has 2 aliphatic rings. The highest BCUT2D eigenvalue weighted by Crippen LogP contribution is 2.41.